The molecule has 1 aromatic carbocycles. The standard InChI is InChI=1S/C17H17N3O2/c21-17-13-4-2-1-3-11(13)9-15(17)18-10-12-5-6-16(22-12)14-7-8-19-20-14/h1-8,15,17-18,21H,9-10H2,(H,19,20). The fraction of sp³-hybridized carbons (Fsp3) is 0.235. The second kappa shape index (κ2) is 5.44. The molecule has 0 amide bonds. The quantitative estimate of drug-likeness (QED) is 0.691. The maximum atomic E-state index is 10.4. The Hall–Kier alpha value is -2.37. The van der Waals surface area contributed by atoms with E-state index in [2.05, 4.69) is 21.6 Å². The Kier molecular flexibility index (Phi) is 3.29. The van der Waals surface area contributed by atoms with E-state index in [0.29, 0.717) is 6.54 Å². The molecule has 0 bridgehead atoms. The molecule has 112 valence electrons. The number of hydrogen-bond acceptors (Lipinski definition) is 4. The fourth-order valence-electron chi connectivity index (χ4n) is 3.00. The normalized spacial score (nSPS) is 20.2. The lowest BCUT2D eigenvalue weighted by molar-refractivity contribution is 0.140. The van der Waals surface area contributed by atoms with Gasteiger partial charge in [-0.3, -0.25) is 5.10 Å². The van der Waals surface area contributed by atoms with Crippen LogP contribution in [-0.4, -0.2) is 21.3 Å². The highest BCUT2D eigenvalue weighted by molar-refractivity contribution is 5.51. The summed E-state index contributed by atoms with van der Waals surface area (Å²) in [6.07, 6.45) is 2.08. The molecular weight excluding hydrogens is 278 g/mol. The summed E-state index contributed by atoms with van der Waals surface area (Å²) in [4.78, 5) is 0. The second-order valence-electron chi connectivity index (χ2n) is 5.57. The highest BCUT2D eigenvalue weighted by Crippen LogP contribution is 2.31. The summed E-state index contributed by atoms with van der Waals surface area (Å²) in [5, 5.41) is 20.5. The predicted octanol–water partition coefficient (Wildman–Crippen LogP) is 2.42. The van der Waals surface area contributed by atoms with Gasteiger partial charge in [-0.1, -0.05) is 24.3 Å². The van der Waals surface area contributed by atoms with Crippen LogP contribution in [0.4, 0.5) is 0 Å². The largest absolute Gasteiger partial charge is 0.458 e. The molecule has 4 rings (SSSR count). The maximum absolute atomic E-state index is 10.4. The second-order valence-corrected chi connectivity index (χ2v) is 5.57. The number of H-pyrrole nitrogens is 1. The van der Waals surface area contributed by atoms with Crippen LogP contribution < -0.4 is 5.32 Å². The Morgan fingerprint density at radius 2 is 2.14 bits per heavy atom. The zero-order valence-corrected chi connectivity index (χ0v) is 12.0. The summed E-state index contributed by atoms with van der Waals surface area (Å²) in [5.74, 6) is 1.61. The van der Waals surface area contributed by atoms with Gasteiger partial charge in [-0.25, -0.2) is 0 Å². The van der Waals surface area contributed by atoms with Crippen LogP contribution >= 0.6 is 0 Å². The molecular formula is C17H17N3O2. The van der Waals surface area contributed by atoms with Gasteiger partial charge in [-0.15, -0.1) is 0 Å². The minimum absolute atomic E-state index is 0.0260. The average Bonchev–Trinajstić information content (AvgIpc) is 3.26. The van der Waals surface area contributed by atoms with Crippen molar-refractivity contribution in [2.75, 3.05) is 0 Å². The molecule has 2 aromatic heterocycles. The molecule has 0 fully saturated rings. The van der Waals surface area contributed by atoms with E-state index in [4.69, 9.17) is 4.42 Å². The molecule has 3 N–H and O–H groups in total. The third kappa shape index (κ3) is 2.34. The average molecular weight is 295 g/mol. The van der Waals surface area contributed by atoms with Crippen LogP contribution in [0.1, 0.15) is 23.0 Å². The van der Waals surface area contributed by atoms with Crippen molar-refractivity contribution in [3.63, 3.8) is 0 Å². The van der Waals surface area contributed by atoms with Crippen molar-refractivity contribution in [2.24, 2.45) is 0 Å². The van der Waals surface area contributed by atoms with Crippen LogP contribution in [0.25, 0.3) is 11.5 Å². The number of nitrogens with one attached hydrogen (secondary N) is 2. The third-order valence-electron chi connectivity index (χ3n) is 4.16. The molecule has 2 unspecified atom stereocenters. The summed E-state index contributed by atoms with van der Waals surface area (Å²) in [6.45, 7) is 0.587. The molecule has 0 saturated heterocycles. The molecule has 2 atom stereocenters. The van der Waals surface area contributed by atoms with Crippen molar-refractivity contribution in [3.05, 3.63) is 65.5 Å². The highest BCUT2D eigenvalue weighted by atomic mass is 16.3. The molecule has 0 saturated carbocycles. The van der Waals surface area contributed by atoms with Crippen molar-refractivity contribution < 1.29 is 9.52 Å². The van der Waals surface area contributed by atoms with Gasteiger partial charge in [0.2, 0.25) is 0 Å². The van der Waals surface area contributed by atoms with Gasteiger partial charge in [-0.05, 0) is 35.7 Å². The summed E-state index contributed by atoms with van der Waals surface area (Å²) in [6, 6.07) is 13.8. The smallest absolute Gasteiger partial charge is 0.152 e. The van der Waals surface area contributed by atoms with Crippen LogP contribution in [-0.2, 0) is 13.0 Å². The van der Waals surface area contributed by atoms with Crippen LogP contribution in [0.3, 0.4) is 0 Å². The molecule has 0 spiro atoms. The van der Waals surface area contributed by atoms with Gasteiger partial charge < -0.3 is 14.8 Å². The van der Waals surface area contributed by atoms with Gasteiger partial charge in [0, 0.05) is 12.2 Å². The van der Waals surface area contributed by atoms with Gasteiger partial charge in [0.25, 0.3) is 0 Å². The molecule has 1 aliphatic rings. The minimum atomic E-state index is -0.460. The summed E-state index contributed by atoms with van der Waals surface area (Å²) in [5.41, 5.74) is 3.10. The first-order chi connectivity index (χ1) is 10.8. The fourth-order valence-corrected chi connectivity index (χ4v) is 3.00. The first-order valence-electron chi connectivity index (χ1n) is 7.39. The minimum Gasteiger partial charge on any atom is -0.458 e. The Bertz CT molecular complexity index is 764. The van der Waals surface area contributed by atoms with Crippen LogP contribution in [0.2, 0.25) is 0 Å². The topological polar surface area (TPSA) is 74.1 Å². The molecule has 5 heteroatoms. The number of benzene rings is 1. The van der Waals surface area contributed by atoms with Crippen molar-refractivity contribution in [3.8, 4) is 11.5 Å². The van der Waals surface area contributed by atoms with Crippen LogP contribution in [0, 0.1) is 0 Å². The van der Waals surface area contributed by atoms with E-state index in [1.165, 1.54) is 5.56 Å². The molecule has 22 heavy (non-hydrogen) atoms. The monoisotopic (exact) mass is 295 g/mol. The van der Waals surface area contributed by atoms with Gasteiger partial charge >= 0.3 is 0 Å². The highest BCUT2D eigenvalue weighted by Gasteiger charge is 2.30. The first kappa shape index (κ1) is 13.3. The van der Waals surface area contributed by atoms with Gasteiger partial charge in [0.1, 0.15) is 11.5 Å². The van der Waals surface area contributed by atoms with E-state index in [9.17, 15) is 5.11 Å². The van der Waals surface area contributed by atoms with Gasteiger partial charge in [0.15, 0.2) is 5.76 Å². The van der Waals surface area contributed by atoms with E-state index >= 15 is 0 Å². The van der Waals surface area contributed by atoms with Gasteiger partial charge in [-0.2, -0.15) is 5.10 Å². The van der Waals surface area contributed by atoms with E-state index < -0.39 is 6.10 Å². The maximum Gasteiger partial charge on any atom is 0.152 e. The molecule has 2 heterocycles. The number of hydrogen-bond donors (Lipinski definition) is 3. The van der Waals surface area contributed by atoms with E-state index in [1.54, 1.807) is 6.20 Å². The number of furan rings is 1. The number of rotatable bonds is 4. The number of nitrogens with zero attached hydrogens (tertiary/aromatic N) is 1. The Morgan fingerprint density at radius 1 is 1.23 bits per heavy atom. The lowest BCUT2D eigenvalue weighted by Crippen LogP contribution is -2.32. The van der Waals surface area contributed by atoms with Crippen LogP contribution in [0.5, 0.6) is 0 Å². The zero-order valence-electron chi connectivity index (χ0n) is 12.0. The Balaban J connectivity index is 1.42. The van der Waals surface area contributed by atoms with Crippen molar-refractivity contribution in [1.29, 1.82) is 0 Å². The molecule has 5 nitrogen and oxygen atoms in total. The Labute approximate surface area is 128 Å². The number of aromatic amines is 1. The van der Waals surface area contributed by atoms with Gasteiger partial charge in [0.05, 0.1) is 12.6 Å². The zero-order chi connectivity index (χ0) is 14.9. The molecule has 1 aliphatic carbocycles. The van der Waals surface area contributed by atoms with Crippen molar-refractivity contribution in [2.45, 2.75) is 25.1 Å². The SMILES string of the molecule is OC1c2ccccc2CC1NCc1ccc(-c2ccn[nH]2)o1. The number of aliphatic hydroxyl groups excluding tert-OH is 1. The summed E-state index contributed by atoms with van der Waals surface area (Å²) >= 11 is 0. The van der Waals surface area contributed by atoms with Crippen molar-refractivity contribution >= 4 is 0 Å². The lowest BCUT2D eigenvalue weighted by atomic mass is 10.1. The Morgan fingerprint density at radius 3 is 2.95 bits per heavy atom. The first-order valence-corrected chi connectivity index (χ1v) is 7.39. The van der Waals surface area contributed by atoms with Crippen molar-refractivity contribution in [1.82, 2.24) is 15.5 Å². The predicted molar refractivity (Wildman–Crippen MR) is 82.0 cm³/mol. The number of aliphatic hydroxyl groups is 1. The summed E-state index contributed by atoms with van der Waals surface area (Å²) < 4.78 is 5.78. The third-order valence-corrected chi connectivity index (χ3v) is 4.16. The van der Waals surface area contributed by atoms with Crippen LogP contribution in [0.15, 0.2) is 53.1 Å². The van der Waals surface area contributed by atoms with E-state index in [0.717, 1.165) is 29.2 Å². The molecule has 0 aliphatic heterocycles. The summed E-state index contributed by atoms with van der Waals surface area (Å²) in [7, 11) is 0. The lowest BCUT2D eigenvalue weighted by Gasteiger charge is -2.16. The molecule has 3 aromatic rings. The van der Waals surface area contributed by atoms with E-state index in [-0.39, 0.29) is 6.04 Å². The number of fused-ring (bicyclic) bond motifs is 1. The molecule has 0 radical (unpaired) electrons. The number of aromatic nitrogens is 2. The van der Waals surface area contributed by atoms with E-state index in [1.807, 2.05) is 36.4 Å².